The first-order chi connectivity index (χ1) is 17.0. The average Bonchev–Trinajstić information content (AvgIpc) is 2.84. The standard InChI is InChI=1S/C22H16Cl2N4O8/c23-19(17-7-5-15(25(29)30)11-21(17)27(33)34)9-13-1-2-14(4-3-13)10-20(24)18-8-6-16(26(31)32)12-22(18)28(35)36/h1-12,33-36H/q-4. The van der Waals surface area contributed by atoms with Crippen molar-refractivity contribution in [2.45, 2.75) is 0 Å². The van der Waals surface area contributed by atoms with E-state index in [-0.39, 0.29) is 54.4 Å². The Bertz CT molecular complexity index is 1180. The minimum atomic E-state index is -0.690. The number of halogens is 2. The molecule has 0 bridgehead atoms. The topological polar surface area (TPSA) is 186 Å². The SMILES string of the molecule is [O-]N([O-])c1ccc(C(Cl)=Cc2ccc(C=C(Cl)c3ccc(N([O-])[O-])cc3N(O)O)cc2)c(N(O)O)c1. The fraction of sp³-hybridized carbons (Fsp3) is 0. The van der Waals surface area contributed by atoms with E-state index in [0.717, 1.165) is 12.1 Å². The van der Waals surface area contributed by atoms with Gasteiger partial charge in [-0.1, -0.05) is 47.5 Å². The quantitative estimate of drug-likeness (QED) is 0.197. The highest BCUT2D eigenvalue weighted by molar-refractivity contribution is 6.52. The summed E-state index contributed by atoms with van der Waals surface area (Å²) in [5, 5.41) is 79.7. The molecule has 0 aliphatic heterocycles. The molecular formula is C22H16Cl2N4O8-4. The van der Waals surface area contributed by atoms with E-state index in [1.54, 1.807) is 24.3 Å². The number of anilines is 4. The molecule has 0 aromatic heterocycles. The predicted molar refractivity (Wildman–Crippen MR) is 137 cm³/mol. The van der Waals surface area contributed by atoms with Crippen LogP contribution in [0.2, 0.25) is 0 Å². The summed E-state index contributed by atoms with van der Waals surface area (Å²) in [5.41, 5.74) is 0.128. The van der Waals surface area contributed by atoms with Crippen molar-refractivity contribution in [2.75, 3.05) is 20.9 Å². The lowest BCUT2D eigenvalue weighted by atomic mass is 10.1. The molecule has 0 aliphatic rings. The molecule has 0 spiro atoms. The molecule has 14 heteroatoms. The maximum absolute atomic E-state index is 10.9. The summed E-state index contributed by atoms with van der Waals surface area (Å²) >= 11 is 12.6. The first-order valence-electron chi connectivity index (χ1n) is 9.75. The van der Waals surface area contributed by atoms with Crippen molar-refractivity contribution >= 4 is 68.2 Å². The van der Waals surface area contributed by atoms with Crippen LogP contribution >= 0.6 is 23.2 Å². The summed E-state index contributed by atoms with van der Waals surface area (Å²) < 4.78 is 0. The number of rotatable bonds is 8. The summed E-state index contributed by atoms with van der Waals surface area (Å²) in [5.74, 6) is 0. The molecule has 4 N–H and O–H groups in total. The highest BCUT2D eigenvalue weighted by atomic mass is 35.5. The van der Waals surface area contributed by atoms with E-state index in [1.165, 1.54) is 36.4 Å². The summed E-state index contributed by atoms with van der Waals surface area (Å²) in [7, 11) is 0. The summed E-state index contributed by atoms with van der Waals surface area (Å²) in [6, 6.07) is 13.4. The molecule has 0 saturated heterocycles. The van der Waals surface area contributed by atoms with Crippen LogP contribution < -0.4 is 20.9 Å². The molecule has 36 heavy (non-hydrogen) atoms. The Morgan fingerprint density at radius 3 is 1.19 bits per heavy atom. The zero-order valence-corrected chi connectivity index (χ0v) is 19.4. The van der Waals surface area contributed by atoms with Gasteiger partial charge in [-0.25, -0.2) is 0 Å². The Kier molecular flexibility index (Phi) is 8.73. The Morgan fingerprint density at radius 2 is 0.917 bits per heavy atom. The predicted octanol–water partition coefficient (Wildman–Crippen LogP) is 5.93. The second kappa shape index (κ2) is 11.6. The zero-order chi connectivity index (χ0) is 26.6. The molecule has 0 atom stereocenters. The van der Waals surface area contributed by atoms with Crippen LogP contribution in [0.1, 0.15) is 22.3 Å². The van der Waals surface area contributed by atoms with E-state index in [9.17, 15) is 41.7 Å². The van der Waals surface area contributed by atoms with E-state index >= 15 is 0 Å². The van der Waals surface area contributed by atoms with Crippen molar-refractivity contribution in [3.63, 3.8) is 0 Å². The molecule has 0 saturated carbocycles. The van der Waals surface area contributed by atoms with Crippen LogP contribution in [-0.4, -0.2) is 20.8 Å². The largest absolute Gasteiger partial charge is 0.769 e. The fourth-order valence-electron chi connectivity index (χ4n) is 3.14. The van der Waals surface area contributed by atoms with E-state index in [2.05, 4.69) is 0 Å². The van der Waals surface area contributed by atoms with Crippen molar-refractivity contribution in [1.29, 1.82) is 0 Å². The van der Waals surface area contributed by atoms with Crippen molar-refractivity contribution in [2.24, 2.45) is 0 Å². The number of nitrogens with zero attached hydrogens (tertiary/aromatic N) is 4. The lowest BCUT2D eigenvalue weighted by Crippen LogP contribution is -2.14. The molecule has 3 rings (SSSR count). The molecule has 3 aromatic carbocycles. The van der Waals surface area contributed by atoms with Gasteiger partial charge in [-0.2, -0.15) is 0 Å². The van der Waals surface area contributed by atoms with Crippen LogP contribution in [-0.2, 0) is 0 Å². The number of hydrogen-bond acceptors (Lipinski definition) is 12. The van der Waals surface area contributed by atoms with Crippen LogP contribution in [0, 0.1) is 20.8 Å². The molecule has 0 heterocycles. The van der Waals surface area contributed by atoms with Gasteiger partial charge in [0.1, 0.15) is 11.4 Å². The maximum Gasteiger partial charge on any atom is 0.105 e. The van der Waals surface area contributed by atoms with Gasteiger partial charge in [0.05, 0.1) is 10.1 Å². The lowest BCUT2D eigenvalue weighted by molar-refractivity contribution is 0.0284. The number of hydrogen-bond donors (Lipinski definition) is 4. The molecule has 12 nitrogen and oxygen atoms in total. The van der Waals surface area contributed by atoms with Gasteiger partial charge in [-0.3, -0.25) is 20.8 Å². The van der Waals surface area contributed by atoms with Gasteiger partial charge in [0.25, 0.3) is 0 Å². The van der Waals surface area contributed by atoms with Crippen molar-refractivity contribution < 1.29 is 20.8 Å². The van der Waals surface area contributed by atoms with E-state index < -0.39 is 10.5 Å². The van der Waals surface area contributed by atoms with Crippen LogP contribution in [0.15, 0.2) is 60.7 Å². The van der Waals surface area contributed by atoms with E-state index in [4.69, 9.17) is 23.2 Å². The smallest absolute Gasteiger partial charge is 0.105 e. The molecule has 0 amide bonds. The van der Waals surface area contributed by atoms with Crippen LogP contribution in [0.5, 0.6) is 0 Å². The Hall–Kier alpha value is -3.40. The second-order valence-corrected chi connectivity index (χ2v) is 7.96. The van der Waals surface area contributed by atoms with Crippen LogP contribution in [0.25, 0.3) is 22.2 Å². The summed E-state index contributed by atoms with van der Waals surface area (Å²) in [6.45, 7) is 0. The third-order valence-electron chi connectivity index (χ3n) is 4.85. The Balaban J connectivity index is 1.88. The maximum atomic E-state index is 10.9. The van der Waals surface area contributed by atoms with E-state index in [0.29, 0.717) is 11.1 Å². The summed E-state index contributed by atoms with van der Waals surface area (Å²) in [4.78, 5) is 0. The van der Waals surface area contributed by atoms with Gasteiger partial charge in [-0.15, -0.1) is 10.5 Å². The minimum Gasteiger partial charge on any atom is -0.769 e. The first kappa shape index (κ1) is 27.2. The molecule has 3 aromatic rings. The van der Waals surface area contributed by atoms with E-state index in [1.807, 2.05) is 0 Å². The monoisotopic (exact) mass is 534 g/mol. The number of benzene rings is 3. The lowest BCUT2D eigenvalue weighted by Gasteiger charge is -2.38. The van der Waals surface area contributed by atoms with Gasteiger partial charge < -0.3 is 31.3 Å². The Labute approximate surface area is 213 Å². The molecule has 0 unspecified atom stereocenters. The molecule has 190 valence electrons. The van der Waals surface area contributed by atoms with Gasteiger partial charge in [0.2, 0.25) is 0 Å². The highest BCUT2D eigenvalue weighted by Crippen LogP contribution is 2.35. The summed E-state index contributed by atoms with van der Waals surface area (Å²) in [6.07, 6.45) is 2.99. The van der Waals surface area contributed by atoms with Gasteiger partial charge >= 0.3 is 0 Å². The molecule has 0 aliphatic carbocycles. The van der Waals surface area contributed by atoms with Crippen molar-refractivity contribution in [3.8, 4) is 0 Å². The van der Waals surface area contributed by atoms with Gasteiger partial charge in [0, 0.05) is 22.5 Å². The molecule has 0 radical (unpaired) electrons. The highest BCUT2D eigenvalue weighted by Gasteiger charge is 2.13. The zero-order valence-electron chi connectivity index (χ0n) is 17.9. The van der Waals surface area contributed by atoms with Crippen molar-refractivity contribution in [1.82, 2.24) is 0 Å². The van der Waals surface area contributed by atoms with Gasteiger partial charge in [-0.05, 0) is 59.7 Å². The second-order valence-electron chi connectivity index (χ2n) is 7.15. The third kappa shape index (κ3) is 6.42. The Morgan fingerprint density at radius 1 is 0.583 bits per heavy atom. The first-order valence-corrected chi connectivity index (χ1v) is 10.5. The normalized spacial score (nSPS) is 11.9. The van der Waals surface area contributed by atoms with Gasteiger partial charge in [0.15, 0.2) is 0 Å². The third-order valence-corrected chi connectivity index (χ3v) is 5.48. The fourth-order valence-corrected chi connectivity index (χ4v) is 3.71. The average molecular weight is 535 g/mol. The van der Waals surface area contributed by atoms with Crippen LogP contribution in [0.3, 0.4) is 0 Å². The minimum absolute atomic E-state index is 0.0656. The molecule has 0 fully saturated rings. The van der Waals surface area contributed by atoms with Crippen LogP contribution in [0.4, 0.5) is 22.7 Å². The van der Waals surface area contributed by atoms with Crippen molar-refractivity contribution in [3.05, 3.63) is 104 Å². The molecular weight excluding hydrogens is 519 g/mol.